The predicted octanol–water partition coefficient (Wildman–Crippen LogP) is 1.34. The summed E-state index contributed by atoms with van der Waals surface area (Å²) < 4.78 is 39.0. The first-order valence-corrected chi connectivity index (χ1v) is 7.54. The first kappa shape index (κ1) is 16.1. The molecule has 0 saturated heterocycles. The highest BCUT2D eigenvalue weighted by molar-refractivity contribution is 9.10. The number of aliphatic hydroxyl groups is 1. The van der Waals surface area contributed by atoms with E-state index in [-0.39, 0.29) is 34.8 Å². The first-order valence-electron chi connectivity index (χ1n) is 5.31. The van der Waals surface area contributed by atoms with Gasteiger partial charge in [-0.1, -0.05) is 6.08 Å². The molecule has 0 saturated carbocycles. The first-order chi connectivity index (χ1) is 8.84. The fourth-order valence-electron chi connectivity index (χ4n) is 1.45. The third kappa shape index (κ3) is 3.53. The zero-order valence-corrected chi connectivity index (χ0v) is 12.4. The Kier molecular flexibility index (Phi) is 5.48. The van der Waals surface area contributed by atoms with Crippen molar-refractivity contribution in [3.63, 3.8) is 0 Å². The second kappa shape index (κ2) is 6.47. The average molecular weight is 353 g/mol. The molecule has 0 aliphatic rings. The van der Waals surface area contributed by atoms with E-state index < -0.39 is 15.8 Å². The maximum absolute atomic E-state index is 13.2. The Morgan fingerprint density at radius 2 is 2.16 bits per heavy atom. The highest BCUT2D eigenvalue weighted by Gasteiger charge is 2.26. The molecule has 5 nitrogen and oxygen atoms in total. The van der Waals surface area contributed by atoms with Crippen LogP contribution >= 0.6 is 15.9 Å². The molecule has 0 aliphatic heterocycles. The highest BCUT2D eigenvalue weighted by atomic mass is 79.9. The van der Waals surface area contributed by atoms with Gasteiger partial charge in [0.05, 0.1) is 17.2 Å². The van der Waals surface area contributed by atoms with E-state index in [4.69, 9.17) is 10.8 Å². The number of benzene rings is 1. The molecule has 0 spiro atoms. The minimum absolute atomic E-state index is 0.0343. The van der Waals surface area contributed by atoms with E-state index in [1.54, 1.807) is 0 Å². The minimum atomic E-state index is -3.89. The van der Waals surface area contributed by atoms with Crippen molar-refractivity contribution in [1.82, 2.24) is 4.31 Å². The van der Waals surface area contributed by atoms with Gasteiger partial charge in [-0.3, -0.25) is 0 Å². The van der Waals surface area contributed by atoms with Crippen LogP contribution in [0, 0.1) is 5.82 Å². The molecule has 0 aliphatic carbocycles. The van der Waals surface area contributed by atoms with Crippen LogP contribution in [-0.2, 0) is 10.0 Å². The Bertz CT molecular complexity index is 578. The predicted molar refractivity (Wildman–Crippen MR) is 74.6 cm³/mol. The summed E-state index contributed by atoms with van der Waals surface area (Å²) in [5.41, 5.74) is 5.13. The van der Waals surface area contributed by atoms with Crippen molar-refractivity contribution in [2.24, 2.45) is 0 Å². The smallest absolute Gasteiger partial charge is 0.244 e. The third-order valence-corrected chi connectivity index (χ3v) is 5.17. The van der Waals surface area contributed by atoms with Crippen molar-refractivity contribution in [2.75, 3.05) is 25.4 Å². The molecule has 0 radical (unpaired) electrons. The van der Waals surface area contributed by atoms with E-state index >= 15 is 0 Å². The Labute approximate surface area is 119 Å². The standard InChI is InChI=1S/C11H14BrFN2O3S/c1-2-3-15(4-5-16)19(17,18)11-7-10(14)9(13)6-8(11)12/h2,6-7,16H,1,3-5,14H2. The zero-order valence-electron chi connectivity index (χ0n) is 10.0. The number of halogens is 2. The summed E-state index contributed by atoms with van der Waals surface area (Å²) in [5, 5.41) is 8.90. The Hall–Kier alpha value is -0.960. The molecule has 0 aromatic heterocycles. The number of hydrogen-bond donors (Lipinski definition) is 2. The summed E-state index contributed by atoms with van der Waals surface area (Å²) in [6.07, 6.45) is 1.40. The monoisotopic (exact) mass is 352 g/mol. The topological polar surface area (TPSA) is 83.6 Å². The van der Waals surface area contributed by atoms with Crippen molar-refractivity contribution in [3.8, 4) is 0 Å². The second-order valence-corrected chi connectivity index (χ2v) is 6.44. The Morgan fingerprint density at radius 3 is 2.68 bits per heavy atom. The summed E-state index contributed by atoms with van der Waals surface area (Å²) in [7, 11) is -3.89. The molecule has 0 atom stereocenters. The van der Waals surface area contributed by atoms with Crippen LogP contribution in [0.1, 0.15) is 0 Å². The van der Waals surface area contributed by atoms with Crippen molar-refractivity contribution >= 4 is 31.6 Å². The summed E-state index contributed by atoms with van der Waals surface area (Å²) in [4.78, 5) is -0.151. The highest BCUT2D eigenvalue weighted by Crippen LogP contribution is 2.29. The number of sulfonamides is 1. The Balaban J connectivity index is 3.32. The van der Waals surface area contributed by atoms with Gasteiger partial charge in [0.25, 0.3) is 0 Å². The quantitative estimate of drug-likeness (QED) is 0.597. The Morgan fingerprint density at radius 1 is 1.53 bits per heavy atom. The van der Waals surface area contributed by atoms with E-state index in [1.807, 2.05) is 0 Å². The molecule has 3 N–H and O–H groups in total. The van der Waals surface area contributed by atoms with E-state index in [1.165, 1.54) is 6.08 Å². The van der Waals surface area contributed by atoms with Gasteiger partial charge in [0, 0.05) is 17.6 Å². The van der Waals surface area contributed by atoms with Gasteiger partial charge in [0.15, 0.2) is 0 Å². The van der Waals surface area contributed by atoms with Gasteiger partial charge in [-0.05, 0) is 28.1 Å². The summed E-state index contributed by atoms with van der Waals surface area (Å²) in [5.74, 6) is -0.705. The number of nitrogen functional groups attached to an aromatic ring is 1. The molecule has 0 heterocycles. The van der Waals surface area contributed by atoms with Gasteiger partial charge >= 0.3 is 0 Å². The molecule has 1 rings (SSSR count). The number of rotatable bonds is 6. The fourth-order valence-corrected chi connectivity index (χ4v) is 3.86. The largest absolute Gasteiger partial charge is 0.396 e. The molecule has 1 aromatic rings. The molecule has 0 amide bonds. The van der Waals surface area contributed by atoms with Crippen molar-refractivity contribution in [1.29, 1.82) is 0 Å². The van der Waals surface area contributed by atoms with Crippen LogP contribution in [0.2, 0.25) is 0 Å². The molecule has 1 aromatic carbocycles. The maximum Gasteiger partial charge on any atom is 0.244 e. The zero-order chi connectivity index (χ0) is 14.6. The van der Waals surface area contributed by atoms with Gasteiger partial charge < -0.3 is 10.8 Å². The summed E-state index contributed by atoms with van der Waals surface area (Å²) in [6.45, 7) is 3.08. The van der Waals surface area contributed by atoms with E-state index in [9.17, 15) is 12.8 Å². The van der Waals surface area contributed by atoms with Crippen LogP contribution < -0.4 is 5.73 Å². The molecule has 0 bridgehead atoms. The van der Waals surface area contributed by atoms with Crippen molar-refractivity contribution in [3.05, 3.63) is 35.1 Å². The molecule has 19 heavy (non-hydrogen) atoms. The third-order valence-electron chi connectivity index (χ3n) is 2.35. The van der Waals surface area contributed by atoms with Gasteiger partial charge in [0.2, 0.25) is 10.0 Å². The van der Waals surface area contributed by atoms with E-state index in [0.29, 0.717) is 0 Å². The number of nitrogens with zero attached hydrogens (tertiary/aromatic N) is 1. The van der Waals surface area contributed by atoms with Crippen LogP contribution in [0.25, 0.3) is 0 Å². The minimum Gasteiger partial charge on any atom is -0.396 e. The number of nitrogens with two attached hydrogens (primary N) is 1. The summed E-state index contributed by atoms with van der Waals surface area (Å²) >= 11 is 3.00. The lowest BCUT2D eigenvalue weighted by atomic mass is 10.3. The lowest BCUT2D eigenvalue weighted by molar-refractivity contribution is 0.260. The maximum atomic E-state index is 13.2. The van der Waals surface area contributed by atoms with Crippen molar-refractivity contribution < 1.29 is 17.9 Å². The van der Waals surface area contributed by atoms with Gasteiger partial charge in [-0.2, -0.15) is 4.31 Å². The molecule has 8 heteroatoms. The fraction of sp³-hybridized carbons (Fsp3) is 0.273. The molecular formula is C11H14BrFN2O3S. The number of anilines is 1. The van der Waals surface area contributed by atoms with Gasteiger partial charge in [-0.15, -0.1) is 6.58 Å². The van der Waals surface area contributed by atoms with E-state index in [2.05, 4.69) is 22.5 Å². The van der Waals surface area contributed by atoms with Crippen LogP contribution in [-0.4, -0.2) is 37.5 Å². The van der Waals surface area contributed by atoms with Crippen LogP contribution in [0.5, 0.6) is 0 Å². The van der Waals surface area contributed by atoms with E-state index in [0.717, 1.165) is 16.4 Å². The molecular weight excluding hydrogens is 339 g/mol. The lowest BCUT2D eigenvalue weighted by Crippen LogP contribution is -2.34. The van der Waals surface area contributed by atoms with Crippen molar-refractivity contribution in [2.45, 2.75) is 4.90 Å². The summed E-state index contributed by atoms with van der Waals surface area (Å²) in [6, 6.07) is 2.04. The second-order valence-electron chi connectivity index (χ2n) is 3.68. The normalized spacial score (nSPS) is 11.8. The average Bonchev–Trinajstić information content (AvgIpc) is 2.33. The lowest BCUT2D eigenvalue weighted by Gasteiger charge is -2.20. The van der Waals surface area contributed by atoms with Gasteiger partial charge in [0.1, 0.15) is 5.82 Å². The number of aliphatic hydroxyl groups excluding tert-OH is 1. The molecule has 0 fully saturated rings. The van der Waals surface area contributed by atoms with Crippen LogP contribution in [0.3, 0.4) is 0 Å². The van der Waals surface area contributed by atoms with Crippen LogP contribution in [0.15, 0.2) is 34.2 Å². The number of hydrogen-bond acceptors (Lipinski definition) is 4. The molecule has 106 valence electrons. The molecule has 0 unspecified atom stereocenters. The SMILES string of the molecule is C=CCN(CCO)S(=O)(=O)c1cc(N)c(F)cc1Br. The van der Waals surface area contributed by atoms with Crippen LogP contribution in [0.4, 0.5) is 10.1 Å². The van der Waals surface area contributed by atoms with Gasteiger partial charge in [-0.25, -0.2) is 12.8 Å².